The van der Waals surface area contributed by atoms with Crippen LogP contribution in [0.1, 0.15) is 26.3 Å². The molecule has 0 aliphatic rings. The van der Waals surface area contributed by atoms with Crippen molar-refractivity contribution in [3.05, 3.63) is 48.0 Å². The monoisotopic (exact) mass is 300 g/mol. The number of hydrogen-bond acceptors (Lipinski definition) is 2. The predicted octanol–water partition coefficient (Wildman–Crippen LogP) is 4.15. The molecular formula is C19H24O3. The molecule has 0 aromatic heterocycles. The van der Waals surface area contributed by atoms with Gasteiger partial charge in [0.05, 0.1) is 19.1 Å². The van der Waals surface area contributed by atoms with E-state index < -0.39 is 11.9 Å². The van der Waals surface area contributed by atoms with Crippen molar-refractivity contribution < 1.29 is 14.6 Å². The summed E-state index contributed by atoms with van der Waals surface area (Å²) < 4.78 is 5.66. The highest BCUT2D eigenvalue weighted by Crippen LogP contribution is 2.26. The maximum atomic E-state index is 11.3. The number of fused-ring (bicyclic) bond motifs is 1. The van der Waals surface area contributed by atoms with Gasteiger partial charge in [0, 0.05) is 0 Å². The van der Waals surface area contributed by atoms with Crippen LogP contribution in [0, 0.1) is 11.3 Å². The van der Waals surface area contributed by atoms with E-state index in [1.807, 2.05) is 39.0 Å². The van der Waals surface area contributed by atoms with Crippen molar-refractivity contribution in [3.8, 4) is 0 Å². The number of ether oxygens (including phenoxy) is 1. The van der Waals surface area contributed by atoms with Crippen LogP contribution >= 0.6 is 0 Å². The molecule has 0 saturated carbocycles. The van der Waals surface area contributed by atoms with E-state index in [9.17, 15) is 9.90 Å². The summed E-state index contributed by atoms with van der Waals surface area (Å²) in [7, 11) is 0. The van der Waals surface area contributed by atoms with Gasteiger partial charge in [0.15, 0.2) is 0 Å². The zero-order valence-corrected chi connectivity index (χ0v) is 13.5. The van der Waals surface area contributed by atoms with Gasteiger partial charge in [0.1, 0.15) is 0 Å². The summed E-state index contributed by atoms with van der Waals surface area (Å²) in [5.41, 5.74) is 0.936. The Bertz CT molecular complexity index is 635. The molecule has 0 saturated heterocycles. The molecule has 0 bridgehead atoms. The first-order valence-corrected chi connectivity index (χ1v) is 7.67. The zero-order chi connectivity index (χ0) is 16.2. The fourth-order valence-electron chi connectivity index (χ4n) is 2.59. The molecule has 1 unspecified atom stereocenters. The lowest BCUT2D eigenvalue weighted by atomic mass is 9.81. The molecule has 2 rings (SSSR count). The van der Waals surface area contributed by atoms with E-state index >= 15 is 0 Å². The Morgan fingerprint density at radius 3 is 2.50 bits per heavy atom. The molecule has 22 heavy (non-hydrogen) atoms. The minimum Gasteiger partial charge on any atom is -0.481 e. The van der Waals surface area contributed by atoms with Crippen molar-refractivity contribution in [2.24, 2.45) is 11.3 Å². The quantitative estimate of drug-likeness (QED) is 0.815. The highest BCUT2D eigenvalue weighted by Gasteiger charge is 2.31. The summed E-state index contributed by atoms with van der Waals surface area (Å²) in [6.45, 7) is 6.58. The molecule has 3 heteroatoms. The summed E-state index contributed by atoms with van der Waals surface area (Å²) in [5.74, 6) is -1.28. The topological polar surface area (TPSA) is 46.5 Å². The third kappa shape index (κ3) is 4.08. The second-order valence-electron chi connectivity index (χ2n) is 6.72. The standard InChI is InChI=1S/C19H24O3/c1-19(2,3)17(18(20)21)13-22-12-11-15-9-6-8-14-7-4-5-10-16(14)15/h4-10,17H,11-13H2,1-3H3,(H,20,21). The summed E-state index contributed by atoms with van der Waals surface area (Å²) >= 11 is 0. The number of rotatable bonds is 6. The van der Waals surface area contributed by atoms with Crippen molar-refractivity contribution in [3.63, 3.8) is 0 Å². The minimum absolute atomic E-state index is 0.254. The van der Waals surface area contributed by atoms with E-state index in [2.05, 4.69) is 24.3 Å². The SMILES string of the molecule is CC(C)(C)C(COCCc1cccc2ccccc12)C(=O)O. The van der Waals surface area contributed by atoms with E-state index in [4.69, 9.17) is 4.74 Å². The normalized spacial score (nSPS) is 13.2. The predicted molar refractivity (Wildman–Crippen MR) is 89.1 cm³/mol. The largest absolute Gasteiger partial charge is 0.481 e. The Balaban J connectivity index is 1.94. The molecule has 0 aliphatic heterocycles. The highest BCUT2D eigenvalue weighted by atomic mass is 16.5. The van der Waals surface area contributed by atoms with Gasteiger partial charge in [-0.2, -0.15) is 0 Å². The minimum atomic E-state index is -0.794. The number of aliphatic carboxylic acids is 1. The first kappa shape index (κ1) is 16.5. The fraction of sp³-hybridized carbons (Fsp3) is 0.421. The molecular weight excluding hydrogens is 276 g/mol. The average Bonchev–Trinajstić information content (AvgIpc) is 2.45. The Morgan fingerprint density at radius 1 is 1.14 bits per heavy atom. The van der Waals surface area contributed by atoms with Gasteiger partial charge in [-0.05, 0) is 28.2 Å². The van der Waals surface area contributed by atoms with Gasteiger partial charge in [-0.1, -0.05) is 63.2 Å². The van der Waals surface area contributed by atoms with E-state index in [1.54, 1.807) is 0 Å². The van der Waals surface area contributed by atoms with Crippen molar-refractivity contribution in [1.29, 1.82) is 0 Å². The van der Waals surface area contributed by atoms with E-state index in [0.29, 0.717) is 6.61 Å². The molecule has 1 N–H and O–H groups in total. The Kier molecular flexibility index (Phi) is 5.19. The van der Waals surface area contributed by atoms with Crippen LogP contribution in [-0.2, 0) is 16.0 Å². The van der Waals surface area contributed by atoms with Crippen molar-refractivity contribution in [2.45, 2.75) is 27.2 Å². The van der Waals surface area contributed by atoms with Crippen LogP contribution in [0.2, 0.25) is 0 Å². The lowest BCUT2D eigenvalue weighted by Gasteiger charge is -2.26. The summed E-state index contributed by atoms with van der Waals surface area (Å²) in [5, 5.41) is 11.7. The number of carbonyl (C=O) groups is 1. The number of benzene rings is 2. The van der Waals surface area contributed by atoms with E-state index in [0.717, 1.165) is 6.42 Å². The second-order valence-corrected chi connectivity index (χ2v) is 6.72. The molecule has 2 aromatic carbocycles. The number of hydrogen-bond donors (Lipinski definition) is 1. The Labute approximate surface area is 131 Å². The lowest BCUT2D eigenvalue weighted by Crippen LogP contribution is -2.32. The third-order valence-electron chi connectivity index (χ3n) is 4.02. The smallest absolute Gasteiger partial charge is 0.309 e. The van der Waals surface area contributed by atoms with Crippen LogP contribution in [-0.4, -0.2) is 24.3 Å². The van der Waals surface area contributed by atoms with Gasteiger partial charge in [-0.25, -0.2) is 0 Å². The maximum Gasteiger partial charge on any atom is 0.309 e. The van der Waals surface area contributed by atoms with Crippen LogP contribution in [0.3, 0.4) is 0 Å². The fourth-order valence-corrected chi connectivity index (χ4v) is 2.59. The summed E-state index contributed by atoms with van der Waals surface area (Å²) in [6.07, 6.45) is 0.790. The van der Waals surface area contributed by atoms with E-state index in [-0.39, 0.29) is 12.0 Å². The van der Waals surface area contributed by atoms with Gasteiger partial charge in [0.25, 0.3) is 0 Å². The number of carboxylic acid groups (broad SMARTS) is 1. The molecule has 2 aromatic rings. The zero-order valence-electron chi connectivity index (χ0n) is 13.5. The van der Waals surface area contributed by atoms with Crippen molar-refractivity contribution >= 4 is 16.7 Å². The molecule has 118 valence electrons. The van der Waals surface area contributed by atoms with Crippen molar-refractivity contribution in [2.75, 3.05) is 13.2 Å². The van der Waals surface area contributed by atoms with Crippen molar-refractivity contribution in [1.82, 2.24) is 0 Å². The molecule has 1 atom stereocenters. The van der Waals surface area contributed by atoms with Crippen LogP contribution in [0.4, 0.5) is 0 Å². The highest BCUT2D eigenvalue weighted by molar-refractivity contribution is 5.85. The molecule has 0 fully saturated rings. The van der Waals surface area contributed by atoms with Crippen LogP contribution < -0.4 is 0 Å². The molecule has 0 spiro atoms. The summed E-state index contributed by atoms with van der Waals surface area (Å²) in [4.78, 5) is 11.3. The van der Waals surface area contributed by atoms with Crippen LogP contribution in [0.25, 0.3) is 10.8 Å². The Hall–Kier alpha value is -1.87. The second kappa shape index (κ2) is 6.93. The maximum absolute atomic E-state index is 11.3. The average molecular weight is 300 g/mol. The van der Waals surface area contributed by atoms with Crippen LogP contribution in [0.15, 0.2) is 42.5 Å². The van der Waals surface area contributed by atoms with Gasteiger partial charge < -0.3 is 9.84 Å². The molecule has 0 amide bonds. The molecule has 0 aliphatic carbocycles. The van der Waals surface area contributed by atoms with E-state index in [1.165, 1.54) is 16.3 Å². The molecule has 0 radical (unpaired) electrons. The summed E-state index contributed by atoms with van der Waals surface area (Å²) in [6, 6.07) is 14.5. The van der Waals surface area contributed by atoms with Gasteiger partial charge in [-0.15, -0.1) is 0 Å². The van der Waals surface area contributed by atoms with Gasteiger partial charge >= 0.3 is 5.97 Å². The molecule has 0 heterocycles. The molecule has 3 nitrogen and oxygen atoms in total. The lowest BCUT2D eigenvalue weighted by molar-refractivity contribution is -0.148. The van der Waals surface area contributed by atoms with Crippen LogP contribution in [0.5, 0.6) is 0 Å². The first-order chi connectivity index (χ1) is 10.4. The third-order valence-corrected chi connectivity index (χ3v) is 4.02. The van der Waals surface area contributed by atoms with Gasteiger partial charge in [0.2, 0.25) is 0 Å². The number of carboxylic acids is 1. The Morgan fingerprint density at radius 2 is 1.82 bits per heavy atom. The van der Waals surface area contributed by atoms with Gasteiger partial charge in [-0.3, -0.25) is 4.79 Å². The first-order valence-electron chi connectivity index (χ1n) is 7.67.